The Morgan fingerprint density at radius 2 is 1.75 bits per heavy atom. The number of aromatic nitrogens is 3. The first-order valence-electron chi connectivity index (χ1n) is 11.4. The lowest BCUT2D eigenvalue weighted by Gasteiger charge is -2.10. The number of rotatable bonds is 3. The van der Waals surface area contributed by atoms with Crippen LogP contribution in [0.15, 0.2) is 71.7 Å². The molecule has 0 aliphatic carbocycles. The average Bonchev–Trinajstić information content (AvgIpc) is 3.46. The lowest BCUT2D eigenvalue weighted by Crippen LogP contribution is -2.22. The van der Waals surface area contributed by atoms with Crippen LogP contribution < -0.4 is 10.1 Å². The molecule has 8 heteroatoms. The second-order valence-corrected chi connectivity index (χ2v) is 10.0. The normalized spacial score (nSPS) is 13.0. The molecule has 0 radical (unpaired) electrons. The Balaban J connectivity index is 1.48. The first-order valence-corrected chi connectivity index (χ1v) is 12.2. The second kappa shape index (κ2) is 8.06. The van der Waals surface area contributed by atoms with Gasteiger partial charge in [0.15, 0.2) is 4.96 Å². The Kier molecular flexibility index (Phi) is 5.05. The molecule has 4 nitrogen and oxygen atoms in total. The van der Waals surface area contributed by atoms with E-state index in [9.17, 15) is 18.0 Å². The molecule has 6 aromatic rings. The number of hydrogen-bond acceptors (Lipinski definition) is 3. The Morgan fingerprint density at radius 1 is 0.972 bits per heavy atom. The number of hydrogen-bond donors (Lipinski definition) is 0. The third-order valence-corrected chi connectivity index (χ3v) is 7.54. The molecule has 36 heavy (non-hydrogen) atoms. The summed E-state index contributed by atoms with van der Waals surface area (Å²) in [5, 5.41) is 0.922. The van der Waals surface area contributed by atoms with Crippen LogP contribution in [0.2, 0.25) is 0 Å². The quantitative estimate of drug-likeness (QED) is 0.293. The molecule has 0 saturated carbocycles. The van der Waals surface area contributed by atoms with Gasteiger partial charge in [-0.3, -0.25) is 4.79 Å². The molecular formula is C28H20F3N3OS. The van der Waals surface area contributed by atoms with Crippen molar-refractivity contribution < 1.29 is 13.2 Å². The highest BCUT2D eigenvalue weighted by molar-refractivity contribution is 7.15. The zero-order valence-corrected chi connectivity index (χ0v) is 20.2. The van der Waals surface area contributed by atoms with Crippen LogP contribution >= 0.6 is 11.3 Å². The summed E-state index contributed by atoms with van der Waals surface area (Å²) in [4.78, 5) is 18.7. The maximum absolute atomic E-state index is 13.4. The first kappa shape index (κ1) is 22.5. The van der Waals surface area contributed by atoms with Crippen LogP contribution in [0.3, 0.4) is 0 Å². The number of thiazole rings is 1. The van der Waals surface area contributed by atoms with Gasteiger partial charge in [0.25, 0.3) is 5.56 Å². The van der Waals surface area contributed by atoms with E-state index in [1.807, 2.05) is 67.1 Å². The fourth-order valence-corrected chi connectivity index (χ4v) is 5.60. The number of alkyl halides is 3. The lowest BCUT2D eigenvalue weighted by atomic mass is 10.1. The van der Waals surface area contributed by atoms with Gasteiger partial charge >= 0.3 is 6.18 Å². The van der Waals surface area contributed by atoms with Crippen molar-refractivity contribution in [1.29, 1.82) is 0 Å². The van der Waals surface area contributed by atoms with E-state index in [-0.39, 0.29) is 12.1 Å². The molecule has 0 unspecified atom stereocenters. The highest BCUT2D eigenvalue weighted by Crippen LogP contribution is 2.30. The number of para-hydroxylation sites is 1. The van der Waals surface area contributed by atoms with E-state index in [0.717, 1.165) is 44.7 Å². The van der Waals surface area contributed by atoms with Gasteiger partial charge in [0.05, 0.1) is 21.1 Å². The molecular weight excluding hydrogens is 483 g/mol. The Labute approximate surface area is 207 Å². The lowest BCUT2D eigenvalue weighted by molar-refractivity contribution is -0.137. The van der Waals surface area contributed by atoms with Crippen LogP contribution in [0.25, 0.3) is 33.0 Å². The predicted octanol–water partition coefficient (Wildman–Crippen LogP) is 6.10. The number of nitrogens with zero attached hydrogens (tertiary/aromatic N) is 3. The average molecular weight is 504 g/mol. The maximum Gasteiger partial charge on any atom is 0.416 e. The molecule has 3 aromatic carbocycles. The molecule has 0 saturated heterocycles. The third kappa shape index (κ3) is 3.69. The molecule has 180 valence electrons. The van der Waals surface area contributed by atoms with Crippen molar-refractivity contribution in [3.05, 3.63) is 110 Å². The van der Waals surface area contributed by atoms with Gasteiger partial charge in [-0.1, -0.05) is 41.7 Å². The summed E-state index contributed by atoms with van der Waals surface area (Å²) in [5.41, 5.74) is 5.27. The van der Waals surface area contributed by atoms with Crippen LogP contribution in [-0.2, 0) is 12.7 Å². The molecule has 3 heterocycles. The van der Waals surface area contributed by atoms with Crippen molar-refractivity contribution in [2.24, 2.45) is 0 Å². The molecule has 0 fully saturated rings. The van der Waals surface area contributed by atoms with E-state index in [4.69, 9.17) is 0 Å². The standard InChI is InChI=1S/C28H20F3N3OS/c1-16-10-22-24(11-17(16)2)34-26(35)25(36-27(34)32-22)13-19-15-33(23-9-4-3-8-21(19)23)14-18-6-5-7-20(12-18)28(29,30)31/h3-13,15H,14H2,1-2H3/b25-13-. The smallest absolute Gasteiger partial charge is 0.342 e. The zero-order chi connectivity index (χ0) is 25.2. The molecule has 0 aliphatic rings. The molecule has 0 bridgehead atoms. The van der Waals surface area contributed by atoms with Gasteiger partial charge in [0.1, 0.15) is 0 Å². The summed E-state index contributed by atoms with van der Waals surface area (Å²) in [7, 11) is 0. The predicted molar refractivity (Wildman–Crippen MR) is 138 cm³/mol. The van der Waals surface area contributed by atoms with Gasteiger partial charge in [-0.15, -0.1) is 0 Å². The van der Waals surface area contributed by atoms with E-state index < -0.39 is 11.7 Å². The minimum Gasteiger partial charge on any atom is -0.342 e. The van der Waals surface area contributed by atoms with Crippen molar-refractivity contribution in [1.82, 2.24) is 14.0 Å². The molecule has 3 aromatic heterocycles. The van der Waals surface area contributed by atoms with Crippen molar-refractivity contribution in [3.8, 4) is 0 Å². The summed E-state index contributed by atoms with van der Waals surface area (Å²) in [6, 6.07) is 17.0. The minimum atomic E-state index is -4.39. The van der Waals surface area contributed by atoms with E-state index in [1.165, 1.54) is 23.5 Å². The third-order valence-electron chi connectivity index (χ3n) is 6.57. The SMILES string of the molecule is Cc1cc2nc3s/c(=C\c4cn(Cc5cccc(C(F)(F)F)c5)c5ccccc45)c(=O)n3c2cc1C. The Morgan fingerprint density at radius 3 is 2.56 bits per heavy atom. The highest BCUT2D eigenvalue weighted by Gasteiger charge is 2.30. The Bertz CT molecular complexity index is 1910. The summed E-state index contributed by atoms with van der Waals surface area (Å²) < 4.78 is 43.7. The zero-order valence-electron chi connectivity index (χ0n) is 19.4. The number of benzene rings is 3. The molecule has 0 aliphatic heterocycles. The summed E-state index contributed by atoms with van der Waals surface area (Å²) >= 11 is 1.33. The van der Waals surface area contributed by atoms with Crippen LogP contribution in [0, 0.1) is 13.8 Å². The summed E-state index contributed by atoms with van der Waals surface area (Å²) in [5.74, 6) is 0. The van der Waals surface area contributed by atoms with Gasteiger partial charge < -0.3 is 4.57 Å². The van der Waals surface area contributed by atoms with Crippen molar-refractivity contribution in [2.75, 3.05) is 0 Å². The van der Waals surface area contributed by atoms with E-state index in [2.05, 4.69) is 4.98 Å². The number of fused-ring (bicyclic) bond motifs is 4. The van der Waals surface area contributed by atoms with Crippen LogP contribution in [0.1, 0.15) is 27.8 Å². The molecule has 0 atom stereocenters. The van der Waals surface area contributed by atoms with E-state index in [1.54, 1.807) is 10.5 Å². The number of imidazole rings is 1. The van der Waals surface area contributed by atoms with Gasteiger partial charge in [0, 0.05) is 29.2 Å². The van der Waals surface area contributed by atoms with Crippen LogP contribution in [0.4, 0.5) is 13.2 Å². The fraction of sp³-hybridized carbons (Fsp3) is 0.143. The molecule has 0 amide bonds. The minimum absolute atomic E-state index is 0.129. The first-order chi connectivity index (χ1) is 17.2. The summed E-state index contributed by atoms with van der Waals surface area (Å²) in [6.07, 6.45) is -0.658. The highest BCUT2D eigenvalue weighted by atomic mass is 32.1. The van der Waals surface area contributed by atoms with Crippen molar-refractivity contribution >= 4 is 44.3 Å². The number of aryl methyl sites for hydroxylation is 2. The van der Waals surface area contributed by atoms with Gasteiger partial charge in [-0.2, -0.15) is 13.2 Å². The Hall–Kier alpha value is -3.91. The topological polar surface area (TPSA) is 39.3 Å². The van der Waals surface area contributed by atoms with Crippen molar-refractivity contribution in [3.63, 3.8) is 0 Å². The van der Waals surface area contributed by atoms with Gasteiger partial charge in [-0.05, 0) is 66.9 Å². The van der Waals surface area contributed by atoms with E-state index in [0.29, 0.717) is 15.1 Å². The summed E-state index contributed by atoms with van der Waals surface area (Å²) in [6.45, 7) is 4.31. The van der Waals surface area contributed by atoms with Crippen LogP contribution in [-0.4, -0.2) is 14.0 Å². The molecule has 6 rings (SSSR count). The maximum atomic E-state index is 13.4. The fourth-order valence-electron chi connectivity index (χ4n) is 4.62. The second-order valence-electron chi connectivity index (χ2n) is 9.00. The number of halogens is 3. The largest absolute Gasteiger partial charge is 0.416 e. The monoisotopic (exact) mass is 503 g/mol. The molecule has 0 spiro atoms. The molecule has 0 N–H and O–H groups in total. The van der Waals surface area contributed by atoms with E-state index >= 15 is 0 Å². The van der Waals surface area contributed by atoms with Crippen LogP contribution in [0.5, 0.6) is 0 Å². The van der Waals surface area contributed by atoms with Gasteiger partial charge in [0.2, 0.25) is 0 Å². The van der Waals surface area contributed by atoms with Gasteiger partial charge in [-0.25, -0.2) is 9.38 Å². The van der Waals surface area contributed by atoms with Crippen molar-refractivity contribution in [2.45, 2.75) is 26.6 Å².